The summed E-state index contributed by atoms with van der Waals surface area (Å²) in [4.78, 5) is 11.5. The Hall–Kier alpha value is -1.80. The molecule has 2 aromatic rings. The molecule has 98 valence electrons. The molecule has 0 N–H and O–H groups in total. The van der Waals surface area contributed by atoms with Gasteiger partial charge in [0.25, 0.3) is 0 Å². The van der Waals surface area contributed by atoms with E-state index in [-0.39, 0.29) is 5.78 Å². The summed E-state index contributed by atoms with van der Waals surface area (Å²) in [5.74, 6) is 1.25. The van der Waals surface area contributed by atoms with E-state index in [9.17, 15) is 4.79 Å². The van der Waals surface area contributed by atoms with E-state index in [1.165, 1.54) is 6.92 Å². The maximum atomic E-state index is 11.5. The smallest absolute Gasteiger partial charge is 0.163 e. The van der Waals surface area contributed by atoms with Gasteiger partial charge in [0.15, 0.2) is 5.78 Å². The minimum Gasteiger partial charge on any atom is -0.457 e. The molecule has 0 aromatic heterocycles. The highest BCUT2D eigenvalue weighted by molar-refractivity contribution is 6.31. The molecular weight excluding hydrogens is 260 g/mol. The zero-order valence-electron chi connectivity index (χ0n) is 10.9. The number of benzene rings is 2. The van der Waals surface area contributed by atoms with Crippen LogP contribution in [0.2, 0.25) is 5.02 Å². The van der Waals surface area contributed by atoms with Crippen LogP contribution < -0.4 is 4.74 Å². The van der Waals surface area contributed by atoms with E-state index in [0.717, 1.165) is 17.0 Å². The molecule has 0 saturated heterocycles. The Morgan fingerprint density at radius 1 is 1.21 bits per heavy atom. The van der Waals surface area contributed by atoms with Gasteiger partial charge in [0.1, 0.15) is 11.5 Å². The summed E-state index contributed by atoms with van der Waals surface area (Å²) in [5, 5.41) is 0.731. The molecule has 0 aliphatic heterocycles. The second-order valence-electron chi connectivity index (χ2n) is 4.26. The molecule has 2 rings (SSSR count). The minimum atomic E-state index is -0.0136. The van der Waals surface area contributed by atoms with E-state index in [1.807, 2.05) is 31.2 Å². The third-order valence-corrected chi connectivity index (χ3v) is 3.26. The largest absolute Gasteiger partial charge is 0.457 e. The van der Waals surface area contributed by atoms with Crippen LogP contribution in [0, 0.1) is 0 Å². The molecule has 0 bridgehead atoms. The molecule has 0 unspecified atom stereocenters. The van der Waals surface area contributed by atoms with E-state index in [2.05, 4.69) is 0 Å². The minimum absolute atomic E-state index is 0.0136. The number of hydrogen-bond donors (Lipinski definition) is 0. The van der Waals surface area contributed by atoms with Gasteiger partial charge in [-0.15, -0.1) is 0 Å². The van der Waals surface area contributed by atoms with Crippen molar-refractivity contribution >= 4 is 17.4 Å². The van der Waals surface area contributed by atoms with Gasteiger partial charge in [-0.3, -0.25) is 4.79 Å². The van der Waals surface area contributed by atoms with Gasteiger partial charge >= 0.3 is 0 Å². The van der Waals surface area contributed by atoms with E-state index >= 15 is 0 Å². The number of carbonyl (C=O) groups is 1. The van der Waals surface area contributed by atoms with Gasteiger partial charge < -0.3 is 4.74 Å². The highest BCUT2D eigenvalue weighted by Gasteiger charge is 2.09. The number of carbonyl (C=O) groups excluding carboxylic acids is 1. The van der Waals surface area contributed by atoms with Crippen LogP contribution in [0.1, 0.15) is 29.8 Å². The quantitative estimate of drug-likeness (QED) is 0.742. The standard InChI is InChI=1S/C16H15ClO2/c1-3-12-10-13(8-9-15(12)17)19-16-7-5-4-6-14(16)11(2)18/h4-10H,3H2,1-2H3. The SMILES string of the molecule is CCc1cc(Oc2ccccc2C(C)=O)ccc1Cl. The van der Waals surface area contributed by atoms with Crippen LogP contribution in [-0.2, 0) is 6.42 Å². The zero-order valence-corrected chi connectivity index (χ0v) is 11.7. The lowest BCUT2D eigenvalue weighted by atomic mass is 10.1. The fourth-order valence-electron chi connectivity index (χ4n) is 1.86. The van der Waals surface area contributed by atoms with E-state index in [4.69, 9.17) is 16.3 Å². The molecule has 0 heterocycles. The van der Waals surface area contributed by atoms with Gasteiger partial charge in [0.2, 0.25) is 0 Å². The topological polar surface area (TPSA) is 26.3 Å². The summed E-state index contributed by atoms with van der Waals surface area (Å²) >= 11 is 6.07. The van der Waals surface area contributed by atoms with E-state index in [0.29, 0.717) is 17.1 Å². The average molecular weight is 275 g/mol. The number of ketones is 1. The van der Waals surface area contributed by atoms with Crippen LogP contribution in [-0.4, -0.2) is 5.78 Å². The van der Waals surface area contributed by atoms with Crippen molar-refractivity contribution in [3.8, 4) is 11.5 Å². The lowest BCUT2D eigenvalue weighted by Crippen LogP contribution is -1.97. The molecule has 0 aliphatic rings. The summed E-state index contributed by atoms with van der Waals surface area (Å²) < 4.78 is 5.79. The first-order valence-corrected chi connectivity index (χ1v) is 6.56. The van der Waals surface area contributed by atoms with Crippen molar-refractivity contribution in [1.29, 1.82) is 0 Å². The molecule has 2 aromatic carbocycles. The third kappa shape index (κ3) is 3.15. The molecule has 0 radical (unpaired) electrons. The molecule has 2 nitrogen and oxygen atoms in total. The van der Waals surface area contributed by atoms with Crippen molar-refractivity contribution in [3.05, 3.63) is 58.6 Å². The molecule has 19 heavy (non-hydrogen) atoms. The zero-order chi connectivity index (χ0) is 13.8. The molecular formula is C16H15ClO2. The van der Waals surface area contributed by atoms with Gasteiger partial charge in [-0.05, 0) is 49.2 Å². The Labute approximate surface area is 118 Å². The Kier molecular flexibility index (Phi) is 4.23. The highest BCUT2D eigenvalue weighted by atomic mass is 35.5. The lowest BCUT2D eigenvalue weighted by Gasteiger charge is -2.10. The predicted molar refractivity (Wildman–Crippen MR) is 77.4 cm³/mol. The molecule has 0 spiro atoms. The van der Waals surface area contributed by atoms with Gasteiger partial charge in [0, 0.05) is 5.02 Å². The predicted octanol–water partition coefficient (Wildman–Crippen LogP) is 4.90. The molecule has 0 fully saturated rings. The summed E-state index contributed by atoms with van der Waals surface area (Å²) in [5.41, 5.74) is 1.61. The first kappa shape index (κ1) is 13.6. The van der Waals surface area contributed by atoms with Gasteiger partial charge in [-0.2, -0.15) is 0 Å². The van der Waals surface area contributed by atoms with Crippen molar-refractivity contribution in [2.45, 2.75) is 20.3 Å². The number of para-hydroxylation sites is 1. The Morgan fingerprint density at radius 3 is 2.63 bits per heavy atom. The van der Waals surface area contributed by atoms with Gasteiger partial charge in [0.05, 0.1) is 5.56 Å². The number of ether oxygens (including phenoxy) is 1. The molecule has 3 heteroatoms. The van der Waals surface area contributed by atoms with Crippen molar-refractivity contribution < 1.29 is 9.53 Å². The van der Waals surface area contributed by atoms with E-state index in [1.54, 1.807) is 18.2 Å². The molecule has 0 aliphatic carbocycles. The van der Waals surface area contributed by atoms with Crippen LogP contribution in [0.3, 0.4) is 0 Å². The van der Waals surface area contributed by atoms with Crippen molar-refractivity contribution in [1.82, 2.24) is 0 Å². The first-order chi connectivity index (χ1) is 9.11. The second kappa shape index (κ2) is 5.89. The fraction of sp³-hybridized carbons (Fsp3) is 0.188. The van der Waals surface area contributed by atoms with E-state index < -0.39 is 0 Å². The van der Waals surface area contributed by atoms with Crippen molar-refractivity contribution in [3.63, 3.8) is 0 Å². The Morgan fingerprint density at radius 2 is 1.95 bits per heavy atom. The molecule has 0 atom stereocenters. The fourth-order valence-corrected chi connectivity index (χ4v) is 2.11. The van der Waals surface area contributed by atoms with Crippen LogP contribution >= 0.6 is 11.6 Å². The van der Waals surface area contributed by atoms with Crippen molar-refractivity contribution in [2.75, 3.05) is 0 Å². The number of halogens is 1. The Balaban J connectivity index is 2.34. The average Bonchev–Trinajstić information content (AvgIpc) is 2.41. The number of hydrogen-bond acceptors (Lipinski definition) is 2. The van der Waals surface area contributed by atoms with Crippen LogP contribution in [0.15, 0.2) is 42.5 Å². The monoisotopic (exact) mass is 274 g/mol. The lowest BCUT2D eigenvalue weighted by molar-refractivity contribution is 0.101. The normalized spacial score (nSPS) is 10.3. The van der Waals surface area contributed by atoms with Crippen LogP contribution in [0.25, 0.3) is 0 Å². The van der Waals surface area contributed by atoms with Crippen LogP contribution in [0.4, 0.5) is 0 Å². The second-order valence-corrected chi connectivity index (χ2v) is 4.67. The van der Waals surface area contributed by atoms with Gasteiger partial charge in [-0.25, -0.2) is 0 Å². The molecule has 0 amide bonds. The van der Waals surface area contributed by atoms with Gasteiger partial charge in [-0.1, -0.05) is 30.7 Å². The highest BCUT2D eigenvalue weighted by Crippen LogP contribution is 2.29. The molecule has 0 saturated carbocycles. The maximum absolute atomic E-state index is 11.5. The summed E-state index contributed by atoms with van der Waals surface area (Å²) in [6.07, 6.45) is 0.838. The third-order valence-electron chi connectivity index (χ3n) is 2.89. The number of aryl methyl sites for hydroxylation is 1. The van der Waals surface area contributed by atoms with Crippen LogP contribution in [0.5, 0.6) is 11.5 Å². The summed E-state index contributed by atoms with van der Waals surface area (Å²) in [6, 6.07) is 12.7. The number of Topliss-reactive ketones (excluding diaryl/α,β-unsaturated/α-hetero) is 1. The summed E-state index contributed by atoms with van der Waals surface area (Å²) in [6.45, 7) is 3.57. The maximum Gasteiger partial charge on any atom is 0.163 e. The summed E-state index contributed by atoms with van der Waals surface area (Å²) in [7, 11) is 0. The Bertz CT molecular complexity index is 605. The first-order valence-electron chi connectivity index (χ1n) is 6.18. The van der Waals surface area contributed by atoms with Crippen molar-refractivity contribution in [2.24, 2.45) is 0 Å². The number of rotatable bonds is 4.